The van der Waals surface area contributed by atoms with Gasteiger partial charge in [-0.25, -0.2) is 10.2 Å². The standard InChI is InChI=1S/C21H19N3O4/c1-28-19-6-2-4-15(12-19)13-20(25)23-22-14-18-5-3-11-24(18)17-9-7-16(8-10-17)21(26)27/h2-12,14H,13H2,1H3,(H,23,25)(H,26,27)/b22-14+. The van der Waals surface area contributed by atoms with E-state index in [2.05, 4.69) is 10.5 Å². The molecule has 0 spiro atoms. The summed E-state index contributed by atoms with van der Waals surface area (Å²) < 4.78 is 6.98. The minimum Gasteiger partial charge on any atom is -0.497 e. The molecule has 7 heteroatoms. The molecule has 0 radical (unpaired) electrons. The molecule has 28 heavy (non-hydrogen) atoms. The van der Waals surface area contributed by atoms with Crippen LogP contribution in [0.1, 0.15) is 21.6 Å². The van der Waals surface area contributed by atoms with Gasteiger partial charge in [0.05, 0.1) is 31.0 Å². The van der Waals surface area contributed by atoms with Crippen LogP contribution in [0.25, 0.3) is 5.69 Å². The molecule has 3 rings (SSSR count). The van der Waals surface area contributed by atoms with E-state index in [-0.39, 0.29) is 17.9 Å². The molecule has 0 unspecified atom stereocenters. The molecule has 0 saturated carbocycles. The Bertz CT molecular complexity index is 1010. The van der Waals surface area contributed by atoms with E-state index >= 15 is 0 Å². The lowest BCUT2D eigenvalue weighted by atomic mass is 10.1. The molecule has 0 fully saturated rings. The second-order valence-corrected chi connectivity index (χ2v) is 5.98. The van der Waals surface area contributed by atoms with Crippen LogP contribution in [0.15, 0.2) is 72.0 Å². The molecule has 1 aromatic heterocycles. The van der Waals surface area contributed by atoms with Gasteiger partial charge in [-0.1, -0.05) is 12.1 Å². The van der Waals surface area contributed by atoms with Gasteiger partial charge in [0.2, 0.25) is 5.91 Å². The number of carbonyl (C=O) groups is 2. The van der Waals surface area contributed by atoms with Crippen molar-refractivity contribution in [2.75, 3.05) is 7.11 Å². The van der Waals surface area contributed by atoms with Crippen LogP contribution in [0.2, 0.25) is 0 Å². The van der Waals surface area contributed by atoms with Gasteiger partial charge in [0, 0.05) is 11.9 Å². The quantitative estimate of drug-likeness (QED) is 0.489. The minimum absolute atomic E-state index is 0.187. The van der Waals surface area contributed by atoms with Gasteiger partial charge in [0.15, 0.2) is 0 Å². The number of rotatable bonds is 7. The van der Waals surface area contributed by atoms with Crippen LogP contribution in [-0.4, -0.2) is 34.9 Å². The van der Waals surface area contributed by atoms with E-state index in [1.807, 2.05) is 41.1 Å². The molecule has 0 aliphatic heterocycles. The monoisotopic (exact) mass is 377 g/mol. The zero-order valence-electron chi connectivity index (χ0n) is 15.2. The second-order valence-electron chi connectivity index (χ2n) is 5.98. The number of hydrogen-bond acceptors (Lipinski definition) is 4. The summed E-state index contributed by atoms with van der Waals surface area (Å²) >= 11 is 0. The van der Waals surface area contributed by atoms with Crippen molar-refractivity contribution in [1.29, 1.82) is 0 Å². The Morgan fingerprint density at radius 1 is 1.14 bits per heavy atom. The normalized spacial score (nSPS) is 10.8. The summed E-state index contributed by atoms with van der Waals surface area (Å²) in [6.45, 7) is 0. The molecule has 7 nitrogen and oxygen atoms in total. The smallest absolute Gasteiger partial charge is 0.335 e. The average molecular weight is 377 g/mol. The Balaban J connectivity index is 1.64. The molecule has 0 saturated heterocycles. The second kappa shape index (κ2) is 8.68. The van der Waals surface area contributed by atoms with E-state index in [1.165, 1.54) is 18.3 Å². The van der Waals surface area contributed by atoms with Gasteiger partial charge >= 0.3 is 5.97 Å². The Labute approximate surface area is 161 Å². The molecule has 1 amide bonds. The summed E-state index contributed by atoms with van der Waals surface area (Å²) in [7, 11) is 1.58. The van der Waals surface area contributed by atoms with Gasteiger partial charge in [-0.3, -0.25) is 4.79 Å². The van der Waals surface area contributed by atoms with Crippen molar-refractivity contribution in [3.8, 4) is 11.4 Å². The lowest BCUT2D eigenvalue weighted by Gasteiger charge is -2.07. The predicted octanol–water partition coefficient (Wildman–Crippen LogP) is 2.88. The highest BCUT2D eigenvalue weighted by Crippen LogP contribution is 2.14. The molecular formula is C21H19N3O4. The van der Waals surface area contributed by atoms with Crippen molar-refractivity contribution in [3.63, 3.8) is 0 Å². The first-order valence-corrected chi connectivity index (χ1v) is 8.53. The number of aromatic nitrogens is 1. The van der Waals surface area contributed by atoms with E-state index in [0.29, 0.717) is 5.75 Å². The topological polar surface area (TPSA) is 92.9 Å². The fourth-order valence-electron chi connectivity index (χ4n) is 2.68. The maximum absolute atomic E-state index is 12.1. The number of nitrogens with zero attached hydrogens (tertiary/aromatic N) is 2. The number of aromatic carboxylic acids is 1. The Morgan fingerprint density at radius 3 is 2.64 bits per heavy atom. The Hall–Kier alpha value is -3.87. The number of carboxylic acids is 1. The van der Waals surface area contributed by atoms with Crippen molar-refractivity contribution in [1.82, 2.24) is 9.99 Å². The third-order valence-corrected chi connectivity index (χ3v) is 4.06. The molecule has 0 aliphatic carbocycles. The summed E-state index contributed by atoms with van der Waals surface area (Å²) in [6.07, 6.45) is 3.55. The zero-order valence-corrected chi connectivity index (χ0v) is 15.2. The highest BCUT2D eigenvalue weighted by Gasteiger charge is 2.06. The highest BCUT2D eigenvalue weighted by atomic mass is 16.5. The number of hydrazone groups is 1. The van der Waals surface area contributed by atoms with Crippen LogP contribution in [0.5, 0.6) is 5.75 Å². The van der Waals surface area contributed by atoms with Crippen molar-refractivity contribution in [2.24, 2.45) is 5.10 Å². The van der Waals surface area contributed by atoms with Crippen LogP contribution in [0.3, 0.4) is 0 Å². The van der Waals surface area contributed by atoms with Crippen molar-refractivity contribution >= 4 is 18.1 Å². The number of amides is 1. The fraction of sp³-hybridized carbons (Fsp3) is 0.0952. The first-order valence-electron chi connectivity index (χ1n) is 8.53. The first kappa shape index (κ1) is 18.9. The minimum atomic E-state index is -0.973. The summed E-state index contributed by atoms with van der Waals surface area (Å²) in [5.41, 5.74) is 5.09. The average Bonchev–Trinajstić information content (AvgIpc) is 3.16. The molecular weight excluding hydrogens is 358 g/mol. The van der Waals surface area contributed by atoms with E-state index < -0.39 is 5.97 Å². The van der Waals surface area contributed by atoms with E-state index in [1.54, 1.807) is 25.3 Å². The molecule has 2 aromatic carbocycles. The van der Waals surface area contributed by atoms with Gasteiger partial charge in [-0.15, -0.1) is 0 Å². The van der Waals surface area contributed by atoms with Gasteiger partial charge in [0.25, 0.3) is 0 Å². The zero-order chi connectivity index (χ0) is 19.9. The van der Waals surface area contributed by atoms with Crippen molar-refractivity contribution < 1.29 is 19.4 Å². The summed E-state index contributed by atoms with van der Waals surface area (Å²) in [4.78, 5) is 23.0. The maximum atomic E-state index is 12.1. The molecule has 2 N–H and O–H groups in total. The van der Waals surface area contributed by atoms with E-state index in [0.717, 1.165) is 16.9 Å². The van der Waals surface area contributed by atoms with Gasteiger partial charge in [-0.2, -0.15) is 5.10 Å². The van der Waals surface area contributed by atoms with Crippen LogP contribution in [-0.2, 0) is 11.2 Å². The van der Waals surface area contributed by atoms with Crippen LogP contribution in [0.4, 0.5) is 0 Å². The van der Waals surface area contributed by atoms with Crippen LogP contribution >= 0.6 is 0 Å². The Kier molecular flexibility index (Phi) is 5.86. The third kappa shape index (κ3) is 4.64. The number of nitrogens with one attached hydrogen (secondary N) is 1. The SMILES string of the molecule is COc1cccc(CC(=O)N/N=C/c2cccn2-c2ccc(C(=O)O)cc2)c1. The van der Waals surface area contributed by atoms with Crippen molar-refractivity contribution in [2.45, 2.75) is 6.42 Å². The van der Waals surface area contributed by atoms with E-state index in [4.69, 9.17) is 9.84 Å². The summed E-state index contributed by atoms with van der Waals surface area (Å²) in [5.74, 6) is -0.520. The molecule has 1 heterocycles. The largest absolute Gasteiger partial charge is 0.497 e. The van der Waals surface area contributed by atoms with Crippen molar-refractivity contribution in [3.05, 3.63) is 83.7 Å². The van der Waals surface area contributed by atoms with Gasteiger partial charge < -0.3 is 14.4 Å². The molecule has 3 aromatic rings. The maximum Gasteiger partial charge on any atom is 0.335 e. The number of carboxylic acid groups (broad SMARTS) is 1. The summed E-state index contributed by atoms with van der Waals surface area (Å²) in [6, 6.07) is 17.5. The Morgan fingerprint density at radius 2 is 1.93 bits per heavy atom. The summed E-state index contributed by atoms with van der Waals surface area (Å²) in [5, 5.41) is 13.0. The third-order valence-electron chi connectivity index (χ3n) is 4.06. The van der Waals surface area contributed by atoms with E-state index in [9.17, 15) is 9.59 Å². The van der Waals surface area contributed by atoms with Gasteiger partial charge in [0.1, 0.15) is 5.75 Å². The number of ether oxygens (including phenoxy) is 1. The lowest BCUT2D eigenvalue weighted by molar-refractivity contribution is -0.120. The lowest BCUT2D eigenvalue weighted by Crippen LogP contribution is -2.20. The van der Waals surface area contributed by atoms with Crippen LogP contribution in [0, 0.1) is 0 Å². The van der Waals surface area contributed by atoms with Gasteiger partial charge in [-0.05, 0) is 54.1 Å². The number of methoxy groups -OCH3 is 1. The molecule has 0 aliphatic rings. The fourth-order valence-corrected chi connectivity index (χ4v) is 2.68. The molecule has 0 bridgehead atoms. The number of benzene rings is 2. The molecule has 142 valence electrons. The molecule has 0 atom stereocenters. The predicted molar refractivity (Wildman–Crippen MR) is 105 cm³/mol. The number of hydrogen-bond donors (Lipinski definition) is 2. The van der Waals surface area contributed by atoms with Crippen LogP contribution < -0.4 is 10.2 Å². The first-order chi connectivity index (χ1) is 13.6. The number of carbonyl (C=O) groups excluding carboxylic acids is 1. The highest BCUT2D eigenvalue weighted by molar-refractivity contribution is 5.88.